The minimum Gasteiger partial charge on any atom is -0.0874 e. The highest BCUT2D eigenvalue weighted by Crippen LogP contribution is 2.80. The van der Waals surface area contributed by atoms with Crippen molar-refractivity contribution in [2.24, 2.45) is 32.5 Å². The van der Waals surface area contributed by atoms with Gasteiger partial charge in [-0.2, -0.15) is 0 Å². The molecule has 110 valence electrons. The van der Waals surface area contributed by atoms with E-state index in [-0.39, 0.29) is 16.2 Å². The van der Waals surface area contributed by atoms with Gasteiger partial charge in [-0.1, -0.05) is 81.4 Å². The molecule has 0 N–H and O–H groups in total. The van der Waals surface area contributed by atoms with E-state index >= 15 is 0 Å². The minimum atomic E-state index is 0.266. The number of hydrogen-bond donors (Lipinski definition) is 0. The first-order valence-corrected chi connectivity index (χ1v) is 7.88. The zero-order valence-corrected chi connectivity index (χ0v) is 14.9. The molecule has 1 fully saturated rings. The summed E-state index contributed by atoms with van der Waals surface area (Å²) in [6.45, 7) is 25.0. The van der Waals surface area contributed by atoms with Gasteiger partial charge in [0.25, 0.3) is 0 Å². The molecule has 0 heteroatoms. The van der Waals surface area contributed by atoms with E-state index in [1.807, 2.05) is 0 Å². The molecule has 0 aromatic rings. The van der Waals surface area contributed by atoms with Crippen LogP contribution in [0.2, 0.25) is 0 Å². The van der Waals surface area contributed by atoms with Crippen LogP contribution in [0.5, 0.6) is 0 Å². The largest absolute Gasteiger partial charge is 0.0874 e. The van der Waals surface area contributed by atoms with Crippen LogP contribution in [0.1, 0.15) is 75.7 Å². The topological polar surface area (TPSA) is 0 Å². The fraction of sp³-hybridized carbons (Fsp3) is 0.895. The Bertz CT molecular complexity index is 433. The summed E-state index contributed by atoms with van der Waals surface area (Å²) in [5.74, 6) is 0. The molecular weight excluding hydrogens is 228 g/mol. The molecule has 0 saturated heterocycles. The second kappa shape index (κ2) is 3.31. The van der Waals surface area contributed by atoms with E-state index in [2.05, 4.69) is 81.4 Å². The van der Waals surface area contributed by atoms with Crippen LogP contribution in [-0.2, 0) is 0 Å². The van der Waals surface area contributed by atoms with Crippen molar-refractivity contribution in [2.75, 3.05) is 0 Å². The Labute approximate surface area is 121 Å². The van der Waals surface area contributed by atoms with E-state index in [1.165, 1.54) is 6.42 Å². The lowest BCUT2D eigenvalue weighted by Crippen LogP contribution is -2.70. The van der Waals surface area contributed by atoms with Gasteiger partial charge in [0.05, 0.1) is 0 Å². The summed E-state index contributed by atoms with van der Waals surface area (Å²) >= 11 is 0. The maximum Gasteiger partial charge on any atom is -0.00281 e. The minimum absolute atomic E-state index is 0.266. The normalized spacial score (nSPS) is 44.9. The van der Waals surface area contributed by atoms with Crippen LogP contribution in [0.4, 0.5) is 0 Å². The third-order valence-corrected chi connectivity index (χ3v) is 9.49. The predicted octanol–water partition coefficient (Wildman–Crippen LogP) is 6.08. The van der Waals surface area contributed by atoms with E-state index in [4.69, 9.17) is 0 Å². The number of rotatable bonds is 0. The summed E-state index contributed by atoms with van der Waals surface area (Å²) in [4.78, 5) is 0. The molecule has 0 aliphatic heterocycles. The van der Waals surface area contributed by atoms with Crippen molar-refractivity contribution in [3.05, 3.63) is 12.2 Å². The van der Waals surface area contributed by atoms with Crippen LogP contribution in [0, 0.1) is 32.5 Å². The summed E-state index contributed by atoms with van der Waals surface area (Å²) in [6, 6.07) is 0. The van der Waals surface area contributed by atoms with Crippen molar-refractivity contribution < 1.29 is 0 Å². The monoisotopic (exact) mass is 262 g/mol. The molecule has 0 heterocycles. The van der Waals surface area contributed by atoms with Crippen molar-refractivity contribution >= 4 is 0 Å². The Morgan fingerprint density at radius 3 is 1.47 bits per heavy atom. The predicted molar refractivity (Wildman–Crippen MR) is 85.1 cm³/mol. The molecule has 0 spiro atoms. The first-order valence-electron chi connectivity index (χ1n) is 7.88. The van der Waals surface area contributed by atoms with Crippen LogP contribution >= 0.6 is 0 Å². The summed E-state index contributed by atoms with van der Waals surface area (Å²) in [7, 11) is 0. The average Bonchev–Trinajstić information content (AvgIpc) is 2.56. The van der Waals surface area contributed by atoms with Gasteiger partial charge in [-0.3, -0.25) is 0 Å². The SMILES string of the molecule is CC1(C)C(C)(C)C(C)(C)C2(C)CC=CC2(C)C1(C)C. The molecule has 2 aliphatic rings. The lowest BCUT2D eigenvalue weighted by Gasteiger charge is -2.76. The van der Waals surface area contributed by atoms with Gasteiger partial charge in [-0.25, -0.2) is 0 Å². The zero-order chi connectivity index (χ0) is 15.1. The fourth-order valence-electron chi connectivity index (χ4n) is 5.63. The van der Waals surface area contributed by atoms with Crippen LogP contribution in [0.25, 0.3) is 0 Å². The molecule has 0 radical (unpaired) electrons. The van der Waals surface area contributed by atoms with Crippen molar-refractivity contribution in [3.63, 3.8) is 0 Å². The highest BCUT2D eigenvalue weighted by molar-refractivity contribution is 5.31. The van der Waals surface area contributed by atoms with Gasteiger partial charge in [0, 0.05) is 0 Å². The molecule has 2 atom stereocenters. The van der Waals surface area contributed by atoms with Crippen LogP contribution < -0.4 is 0 Å². The lowest BCUT2D eigenvalue weighted by molar-refractivity contribution is -0.272. The van der Waals surface area contributed by atoms with Crippen molar-refractivity contribution in [3.8, 4) is 0 Å². The van der Waals surface area contributed by atoms with Gasteiger partial charge in [-0.15, -0.1) is 0 Å². The highest BCUT2D eigenvalue weighted by atomic mass is 14.8. The first kappa shape index (κ1) is 15.1. The Balaban J connectivity index is 2.82. The van der Waals surface area contributed by atoms with E-state index in [0.29, 0.717) is 16.2 Å². The zero-order valence-electron chi connectivity index (χ0n) is 14.9. The van der Waals surface area contributed by atoms with Gasteiger partial charge in [0.15, 0.2) is 0 Å². The third-order valence-electron chi connectivity index (χ3n) is 9.49. The quantitative estimate of drug-likeness (QED) is 0.464. The fourth-order valence-corrected chi connectivity index (χ4v) is 5.63. The molecule has 0 amide bonds. The lowest BCUT2D eigenvalue weighted by atomic mass is 9.28. The average molecular weight is 262 g/mol. The Kier molecular flexibility index (Phi) is 2.64. The molecule has 0 aromatic heterocycles. The van der Waals surface area contributed by atoms with Gasteiger partial charge in [-0.05, 0) is 38.9 Å². The van der Waals surface area contributed by atoms with Crippen LogP contribution in [0.15, 0.2) is 12.2 Å². The van der Waals surface area contributed by atoms with E-state index in [1.54, 1.807) is 0 Å². The van der Waals surface area contributed by atoms with Crippen molar-refractivity contribution in [2.45, 2.75) is 75.7 Å². The van der Waals surface area contributed by atoms with Crippen LogP contribution in [-0.4, -0.2) is 0 Å². The molecule has 2 unspecified atom stereocenters. The summed E-state index contributed by atoms with van der Waals surface area (Å²) in [6.07, 6.45) is 6.20. The number of fused-ring (bicyclic) bond motifs is 1. The third kappa shape index (κ3) is 1.15. The van der Waals surface area contributed by atoms with E-state index < -0.39 is 0 Å². The molecule has 2 rings (SSSR count). The number of hydrogen-bond acceptors (Lipinski definition) is 0. The molecule has 0 bridgehead atoms. The number of allylic oxidation sites excluding steroid dienone is 2. The van der Waals surface area contributed by atoms with E-state index in [0.717, 1.165) is 0 Å². The standard InChI is InChI=1S/C19H34/c1-14(2)15(3,4)17(7,8)19(10)13-11-12-18(19,9)16(14,5)6/h11-12H,13H2,1-10H3. The van der Waals surface area contributed by atoms with Gasteiger partial charge in [0.1, 0.15) is 0 Å². The summed E-state index contributed by atoms with van der Waals surface area (Å²) in [5, 5.41) is 0. The molecule has 0 nitrogen and oxygen atoms in total. The first-order chi connectivity index (χ1) is 8.21. The highest BCUT2D eigenvalue weighted by Gasteiger charge is 2.74. The Morgan fingerprint density at radius 2 is 1.00 bits per heavy atom. The van der Waals surface area contributed by atoms with Crippen molar-refractivity contribution in [1.29, 1.82) is 0 Å². The maximum absolute atomic E-state index is 2.53. The van der Waals surface area contributed by atoms with E-state index in [9.17, 15) is 0 Å². The molecule has 1 saturated carbocycles. The van der Waals surface area contributed by atoms with Gasteiger partial charge in [0.2, 0.25) is 0 Å². The Hall–Kier alpha value is -0.260. The van der Waals surface area contributed by atoms with Crippen LogP contribution in [0.3, 0.4) is 0 Å². The molecule has 0 aromatic carbocycles. The molecule has 2 aliphatic carbocycles. The maximum atomic E-state index is 2.53. The second-order valence-corrected chi connectivity index (χ2v) is 9.64. The second-order valence-electron chi connectivity index (χ2n) is 9.64. The summed E-state index contributed by atoms with van der Waals surface area (Å²) in [5.41, 5.74) is 1.76. The Morgan fingerprint density at radius 1 is 0.579 bits per heavy atom. The summed E-state index contributed by atoms with van der Waals surface area (Å²) < 4.78 is 0. The smallest absolute Gasteiger partial charge is 0.00281 e. The molecule has 19 heavy (non-hydrogen) atoms. The molecular formula is C19H34. The van der Waals surface area contributed by atoms with Gasteiger partial charge < -0.3 is 0 Å². The van der Waals surface area contributed by atoms with Crippen molar-refractivity contribution in [1.82, 2.24) is 0 Å². The van der Waals surface area contributed by atoms with Gasteiger partial charge >= 0.3 is 0 Å².